The van der Waals surface area contributed by atoms with Crippen LogP contribution in [-0.2, 0) is 5.41 Å². The second-order valence-electron chi connectivity index (χ2n) is 13.7. The Balaban J connectivity index is 1.17. The lowest BCUT2D eigenvalue weighted by atomic mass is 9.78. The van der Waals surface area contributed by atoms with E-state index in [0.29, 0.717) is 5.82 Å². The number of aromatic nitrogens is 2. The summed E-state index contributed by atoms with van der Waals surface area (Å²) in [5, 5.41) is 4.52. The maximum absolute atomic E-state index is 6.28. The average molecular weight is 641 g/mol. The summed E-state index contributed by atoms with van der Waals surface area (Å²) in [6.45, 7) is 4.70. The highest BCUT2D eigenvalue weighted by Crippen LogP contribution is 2.53. The number of para-hydroxylation sites is 1. The Morgan fingerprint density at radius 1 is 0.420 bits per heavy atom. The molecule has 3 heteroatoms. The van der Waals surface area contributed by atoms with Gasteiger partial charge in [-0.05, 0) is 74.5 Å². The van der Waals surface area contributed by atoms with E-state index in [0.717, 1.165) is 55.4 Å². The second-order valence-corrected chi connectivity index (χ2v) is 13.7. The van der Waals surface area contributed by atoms with Gasteiger partial charge in [0.25, 0.3) is 0 Å². The lowest BCUT2D eigenvalue weighted by Crippen LogP contribution is -2.16. The molecule has 2 heterocycles. The van der Waals surface area contributed by atoms with Crippen molar-refractivity contribution in [2.24, 2.45) is 0 Å². The highest BCUT2D eigenvalue weighted by atomic mass is 16.3. The second kappa shape index (κ2) is 10.8. The number of benzene rings is 7. The number of rotatable bonds is 4. The van der Waals surface area contributed by atoms with E-state index in [1.807, 2.05) is 18.2 Å². The number of hydrogen-bond donors (Lipinski definition) is 0. The predicted molar refractivity (Wildman–Crippen MR) is 206 cm³/mol. The van der Waals surface area contributed by atoms with Crippen molar-refractivity contribution in [3.8, 4) is 56.2 Å². The molecule has 50 heavy (non-hydrogen) atoms. The molecular formula is C47H32N2O. The van der Waals surface area contributed by atoms with Gasteiger partial charge in [-0.3, -0.25) is 0 Å². The van der Waals surface area contributed by atoms with Crippen LogP contribution in [0.5, 0.6) is 0 Å². The molecule has 0 atom stereocenters. The summed E-state index contributed by atoms with van der Waals surface area (Å²) < 4.78 is 6.28. The van der Waals surface area contributed by atoms with Gasteiger partial charge in [-0.1, -0.05) is 141 Å². The van der Waals surface area contributed by atoms with Crippen LogP contribution in [0.25, 0.3) is 88.9 Å². The van der Waals surface area contributed by atoms with Crippen molar-refractivity contribution in [1.29, 1.82) is 0 Å². The maximum atomic E-state index is 6.28. The molecular weight excluding hydrogens is 609 g/mol. The fourth-order valence-corrected chi connectivity index (χ4v) is 8.16. The summed E-state index contributed by atoms with van der Waals surface area (Å²) in [5.41, 5.74) is 14.3. The molecule has 0 saturated carbocycles. The van der Waals surface area contributed by atoms with Crippen molar-refractivity contribution >= 4 is 32.7 Å². The molecule has 0 radical (unpaired) electrons. The van der Waals surface area contributed by atoms with Gasteiger partial charge < -0.3 is 4.42 Å². The summed E-state index contributed by atoms with van der Waals surface area (Å²) in [6.07, 6.45) is 0. The van der Waals surface area contributed by atoms with Gasteiger partial charge in [0.15, 0.2) is 5.82 Å². The van der Waals surface area contributed by atoms with Gasteiger partial charge in [0, 0.05) is 32.9 Å². The molecule has 0 saturated heterocycles. The van der Waals surface area contributed by atoms with E-state index in [2.05, 4.69) is 153 Å². The highest BCUT2D eigenvalue weighted by Gasteiger charge is 2.37. The van der Waals surface area contributed by atoms with Crippen molar-refractivity contribution < 1.29 is 4.42 Å². The highest BCUT2D eigenvalue weighted by molar-refractivity contribution is 6.07. The van der Waals surface area contributed by atoms with Crippen molar-refractivity contribution in [2.45, 2.75) is 19.3 Å². The SMILES string of the molecule is CC1(C)c2ccccc2-c2cccc(-c3ccc(-c4nc(-c5ccccc5)cc(-c5ccc6c(c5)oc5ccccc56)n4)c4ccccc34)c21. The topological polar surface area (TPSA) is 38.9 Å². The molecule has 2 aromatic heterocycles. The summed E-state index contributed by atoms with van der Waals surface area (Å²) in [6, 6.07) is 55.8. The standard InChI is InChI=1S/C47H32N2O/c1-47(2)40-21-10-8-17-34(40)38-20-12-19-37(45(38)47)33-25-26-39(32-16-7-6-15-31(32)33)46-48-41(29-13-4-3-5-14-29)28-42(49-46)30-23-24-36-35-18-9-11-22-43(35)50-44(36)27-30/h3-28H,1-2H3. The van der Waals surface area contributed by atoms with Crippen molar-refractivity contribution in [2.75, 3.05) is 0 Å². The Morgan fingerprint density at radius 3 is 1.84 bits per heavy atom. The van der Waals surface area contributed by atoms with E-state index in [4.69, 9.17) is 14.4 Å². The first-order valence-corrected chi connectivity index (χ1v) is 17.2. The van der Waals surface area contributed by atoms with Gasteiger partial charge in [-0.15, -0.1) is 0 Å². The fraction of sp³-hybridized carbons (Fsp3) is 0.0638. The normalized spacial score (nSPS) is 13.2. The monoisotopic (exact) mass is 640 g/mol. The number of furan rings is 1. The first-order chi connectivity index (χ1) is 24.5. The minimum atomic E-state index is -0.120. The van der Waals surface area contributed by atoms with Gasteiger partial charge in [-0.2, -0.15) is 0 Å². The van der Waals surface area contributed by atoms with Crippen LogP contribution in [0.1, 0.15) is 25.0 Å². The molecule has 0 fully saturated rings. The van der Waals surface area contributed by atoms with E-state index >= 15 is 0 Å². The zero-order valence-electron chi connectivity index (χ0n) is 27.8. The Labute approximate surface area is 290 Å². The molecule has 236 valence electrons. The zero-order chi connectivity index (χ0) is 33.4. The molecule has 0 amide bonds. The molecule has 0 N–H and O–H groups in total. The summed E-state index contributed by atoms with van der Waals surface area (Å²) in [4.78, 5) is 10.5. The molecule has 1 aliphatic rings. The van der Waals surface area contributed by atoms with Crippen LogP contribution in [-0.4, -0.2) is 9.97 Å². The lowest BCUT2D eigenvalue weighted by molar-refractivity contribution is 0.662. The quantitative estimate of drug-likeness (QED) is 0.192. The first kappa shape index (κ1) is 28.7. The van der Waals surface area contributed by atoms with Crippen molar-refractivity contribution in [1.82, 2.24) is 9.97 Å². The van der Waals surface area contributed by atoms with Crippen LogP contribution in [0.15, 0.2) is 162 Å². The molecule has 0 unspecified atom stereocenters. The Hall–Kier alpha value is -6.32. The molecule has 0 aliphatic heterocycles. The van der Waals surface area contributed by atoms with E-state index < -0.39 is 0 Å². The van der Waals surface area contributed by atoms with E-state index in [1.54, 1.807) is 0 Å². The van der Waals surface area contributed by atoms with Gasteiger partial charge in [0.1, 0.15) is 11.2 Å². The smallest absolute Gasteiger partial charge is 0.161 e. The third-order valence-electron chi connectivity index (χ3n) is 10.5. The van der Waals surface area contributed by atoms with Crippen molar-refractivity contribution in [3.63, 3.8) is 0 Å². The first-order valence-electron chi connectivity index (χ1n) is 17.2. The van der Waals surface area contributed by atoms with Gasteiger partial charge in [0.2, 0.25) is 0 Å². The third kappa shape index (κ3) is 4.30. The minimum absolute atomic E-state index is 0.120. The van der Waals surface area contributed by atoms with Gasteiger partial charge in [0.05, 0.1) is 11.4 Å². The van der Waals surface area contributed by atoms with Crippen LogP contribution < -0.4 is 0 Å². The minimum Gasteiger partial charge on any atom is -0.456 e. The van der Waals surface area contributed by atoms with Crippen LogP contribution in [0.4, 0.5) is 0 Å². The van der Waals surface area contributed by atoms with Crippen LogP contribution >= 0.6 is 0 Å². The zero-order valence-corrected chi connectivity index (χ0v) is 27.8. The van der Waals surface area contributed by atoms with Crippen LogP contribution in [0, 0.1) is 0 Å². The molecule has 9 aromatic rings. The number of nitrogens with zero attached hydrogens (tertiary/aromatic N) is 2. The molecule has 0 bridgehead atoms. The summed E-state index contributed by atoms with van der Waals surface area (Å²) >= 11 is 0. The third-order valence-corrected chi connectivity index (χ3v) is 10.5. The maximum Gasteiger partial charge on any atom is 0.161 e. The van der Waals surface area contributed by atoms with E-state index in [9.17, 15) is 0 Å². The summed E-state index contributed by atoms with van der Waals surface area (Å²) in [5.74, 6) is 0.694. The lowest BCUT2D eigenvalue weighted by Gasteiger charge is -2.25. The van der Waals surface area contributed by atoms with E-state index in [1.165, 1.54) is 38.8 Å². The van der Waals surface area contributed by atoms with Crippen LogP contribution in [0.3, 0.4) is 0 Å². The summed E-state index contributed by atoms with van der Waals surface area (Å²) in [7, 11) is 0. The molecule has 0 spiro atoms. The Kier molecular flexibility index (Phi) is 6.22. The Morgan fingerprint density at radius 2 is 1.02 bits per heavy atom. The van der Waals surface area contributed by atoms with Crippen molar-refractivity contribution in [3.05, 3.63) is 169 Å². The number of fused-ring (bicyclic) bond motifs is 7. The molecule has 7 aromatic carbocycles. The molecule has 10 rings (SSSR count). The van der Waals surface area contributed by atoms with Crippen LogP contribution in [0.2, 0.25) is 0 Å². The molecule has 1 aliphatic carbocycles. The Bertz CT molecular complexity index is 2790. The predicted octanol–water partition coefficient (Wildman–Crippen LogP) is 12.5. The average Bonchev–Trinajstić information content (AvgIpc) is 3.66. The van der Waals surface area contributed by atoms with E-state index in [-0.39, 0.29) is 5.41 Å². The fourth-order valence-electron chi connectivity index (χ4n) is 8.16. The largest absolute Gasteiger partial charge is 0.456 e. The molecule has 3 nitrogen and oxygen atoms in total. The number of hydrogen-bond acceptors (Lipinski definition) is 3. The van der Waals surface area contributed by atoms with Gasteiger partial charge in [-0.25, -0.2) is 9.97 Å². The van der Waals surface area contributed by atoms with Gasteiger partial charge >= 0.3 is 0 Å².